The van der Waals surface area contributed by atoms with Crippen molar-refractivity contribution in [1.82, 2.24) is 10.6 Å². The van der Waals surface area contributed by atoms with E-state index in [9.17, 15) is 28.8 Å². The first-order valence-electron chi connectivity index (χ1n) is 15.9. The molecule has 0 radical (unpaired) electrons. The zero-order valence-electron chi connectivity index (χ0n) is 28.6. The van der Waals surface area contributed by atoms with E-state index in [1.165, 1.54) is 52.7 Å². The van der Waals surface area contributed by atoms with Crippen LogP contribution in [0.15, 0.2) is 97.1 Å². The molecule has 12 nitrogen and oxygen atoms in total. The number of Topliss-reactive ketones (excluding diaryl/α,β-unsaturated/α-hetero) is 4. The zero-order valence-corrected chi connectivity index (χ0v) is 28.6. The predicted octanol–water partition coefficient (Wildman–Crippen LogP) is 4.11. The molecule has 0 aliphatic rings. The number of ether oxygens (including phenoxy) is 4. The standard InChI is InChI=1S/C39H38N2O10/c1-48-28-14-6-24(7-15-28)32(34(42)26-10-18-30(50-3)19-11-26)36(44)38(46)40-22-5-23-41-39(47)37(45)33(25-8-16-29(49-2)17-9-25)35(43)27-12-20-31(51-4)21-13-27/h6-21,32-33H,5,22-23H2,1-4H3,(H,40,46)(H,41,47)/t32-,33-/m0/s1. The molecule has 12 heteroatoms. The quantitative estimate of drug-likeness (QED) is 0.0671. The number of benzene rings is 4. The summed E-state index contributed by atoms with van der Waals surface area (Å²) in [6, 6.07) is 24.9. The van der Waals surface area contributed by atoms with Gasteiger partial charge in [0.25, 0.3) is 11.8 Å². The minimum absolute atomic E-state index is 0.0577. The lowest BCUT2D eigenvalue weighted by atomic mass is 9.86. The molecule has 0 aromatic heterocycles. The fourth-order valence-corrected chi connectivity index (χ4v) is 5.21. The summed E-state index contributed by atoms with van der Waals surface area (Å²) in [6.45, 7) is -0.115. The SMILES string of the molecule is COc1ccc(C(=O)[C@@H](C(=O)C(=O)NCCCNC(=O)C(=O)[C@H](C(=O)c2ccc(OC)cc2)c2ccc(OC)cc2)c2ccc(OC)cc2)cc1. The highest BCUT2D eigenvalue weighted by Crippen LogP contribution is 2.27. The molecule has 51 heavy (non-hydrogen) atoms. The van der Waals surface area contributed by atoms with Crippen LogP contribution in [0.2, 0.25) is 0 Å². The highest BCUT2D eigenvalue weighted by Gasteiger charge is 2.35. The van der Waals surface area contributed by atoms with Crippen molar-refractivity contribution in [2.24, 2.45) is 0 Å². The molecule has 264 valence electrons. The van der Waals surface area contributed by atoms with E-state index in [2.05, 4.69) is 10.6 Å². The van der Waals surface area contributed by atoms with Crippen molar-refractivity contribution in [3.63, 3.8) is 0 Å². The molecule has 0 saturated heterocycles. The maximum atomic E-state index is 13.5. The second kappa shape index (κ2) is 17.9. The molecule has 0 saturated carbocycles. The van der Waals surface area contributed by atoms with Gasteiger partial charge in [-0.05, 0) is 90.3 Å². The van der Waals surface area contributed by atoms with E-state index < -0.39 is 46.8 Å². The molecule has 0 fully saturated rings. The molecule has 4 aromatic carbocycles. The molecule has 0 aliphatic heterocycles. The second-order valence-electron chi connectivity index (χ2n) is 11.2. The summed E-state index contributed by atoms with van der Waals surface area (Å²) in [4.78, 5) is 79.9. The van der Waals surface area contributed by atoms with Gasteiger partial charge in [0.2, 0.25) is 11.6 Å². The number of carbonyl (C=O) groups is 6. The van der Waals surface area contributed by atoms with Crippen LogP contribution in [-0.4, -0.2) is 76.5 Å². The van der Waals surface area contributed by atoms with Gasteiger partial charge in [-0.15, -0.1) is 0 Å². The Balaban J connectivity index is 1.39. The molecule has 2 amide bonds. The van der Waals surface area contributed by atoms with Crippen molar-refractivity contribution < 1.29 is 47.7 Å². The van der Waals surface area contributed by atoms with Gasteiger partial charge in [-0.3, -0.25) is 28.8 Å². The van der Waals surface area contributed by atoms with E-state index in [1.54, 1.807) is 72.8 Å². The van der Waals surface area contributed by atoms with E-state index >= 15 is 0 Å². The minimum atomic E-state index is -1.43. The Morgan fingerprint density at radius 2 is 0.725 bits per heavy atom. The van der Waals surface area contributed by atoms with Crippen LogP contribution in [0.1, 0.15) is 50.1 Å². The normalized spacial score (nSPS) is 11.7. The van der Waals surface area contributed by atoms with Crippen LogP contribution in [0.25, 0.3) is 0 Å². The molecule has 2 N–H and O–H groups in total. The average Bonchev–Trinajstić information content (AvgIpc) is 3.18. The van der Waals surface area contributed by atoms with Crippen molar-refractivity contribution in [2.45, 2.75) is 18.3 Å². The van der Waals surface area contributed by atoms with Crippen LogP contribution in [0.5, 0.6) is 23.0 Å². The third-order valence-electron chi connectivity index (χ3n) is 8.07. The topological polar surface area (TPSA) is 163 Å². The highest BCUT2D eigenvalue weighted by molar-refractivity contribution is 6.44. The predicted molar refractivity (Wildman–Crippen MR) is 187 cm³/mol. The molecule has 0 aliphatic carbocycles. The van der Waals surface area contributed by atoms with E-state index in [1.807, 2.05) is 0 Å². The molecular formula is C39H38N2O10. The molecule has 4 rings (SSSR count). The Hall–Kier alpha value is -6.30. The maximum Gasteiger partial charge on any atom is 0.288 e. The second-order valence-corrected chi connectivity index (χ2v) is 11.2. The molecule has 0 unspecified atom stereocenters. The van der Waals surface area contributed by atoms with Crippen molar-refractivity contribution in [3.8, 4) is 23.0 Å². The highest BCUT2D eigenvalue weighted by atomic mass is 16.5. The third-order valence-corrected chi connectivity index (χ3v) is 8.07. The van der Waals surface area contributed by atoms with Crippen LogP contribution >= 0.6 is 0 Å². The fraction of sp³-hybridized carbons (Fsp3) is 0.231. The van der Waals surface area contributed by atoms with E-state index in [0.29, 0.717) is 34.1 Å². The van der Waals surface area contributed by atoms with E-state index in [-0.39, 0.29) is 30.6 Å². The molecule has 0 spiro atoms. The van der Waals surface area contributed by atoms with Crippen LogP contribution in [0.4, 0.5) is 0 Å². The first-order valence-corrected chi connectivity index (χ1v) is 15.9. The van der Waals surface area contributed by atoms with Crippen LogP contribution in [0.3, 0.4) is 0 Å². The van der Waals surface area contributed by atoms with Crippen LogP contribution in [-0.2, 0) is 19.2 Å². The van der Waals surface area contributed by atoms with Crippen LogP contribution < -0.4 is 29.6 Å². The summed E-state index contributed by atoms with van der Waals surface area (Å²) in [5.41, 5.74) is 1.03. The first kappa shape index (κ1) is 37.5. The van der Waals surface area contributed by atoms with Gasteiger partial charge >= 0.3 is 0 Å². The van der Waals surface area contributed by atoms with Crippen molar-refractivity contribution in [1.29, 1.82) is 0 Å². The summed E-state index contributed by atoms with van der Waals surface area (Å²) in [6.07, 6.45) is 0.136. The lowest BCUT2D eigenvalue weighted by Gasteiger charge is -2.17. The van der Waals surface area contributed by atoms with Gasteiger partial charge in [0.05, 0.1) is 28.4 Å². The average molecular weight is 695 g/mol. The van der Waals surface area contributed by atoms with Crippen molar-refractivity contribution in [3.05, 3.63) is 119 Å². The number of hydrogen-bond donors (Lipinski definition) is 2. The van der Waals surface area contributed by atoms with Gasteiger partial charge in [-0.2, -0.15) is 0 Å². The van der Waals surface area contributed by atoms with Gasteiger partial charge in [0.1, 0.15) is 34.8 Å². The van der Waals surface area contributed by atoms with Gasteiger partial charge < -0.3 is 29.6 Å². The smallest absolute Gasteiger partial charge is 0.288 e. The Morgan fingerprint density at radius 1 is 0.451 bits per heavy atom. The summed E-state index contributed by atoms with van der Waals surface area (Å²) in [5.74, 6) is -5.91. The third kappa shape index (κ3) is 9.44. The Labute approximate surface area is 295 Å². The van der Waals surface area contributed by atoms with Crippen molar-refractivity contribution >= 4 is 34.9 Å². The number of methoxy groups -OCH3 is 4. The molecule has 2 atom stereocenters. The van der Waals surface area contributed by atoms with Gasteiger partial charge in [-0.25, -0.2) is 0 Å². The summed E-state index contributed by atoms with van der Waals surface area (Å²) in [5, 5.41) is 4.99. The van der Waals surface area contributed by atoms with Crippen molar-refractivity contribution in [2.75, 3.05) is 41.5 Å². The molecular weight excluding hydrogens is 656 g/mol. The number of hydrogen-bond acceptors (Lipinski definition) is 10. The summed E-state index contributed by atoms with van der Waals surface area (Å²) >= 11 is 0. The summed E-state index contributed by atoms with van der Waals surface area (Å²) in [7, 11) is 5.93. The number of amides is 2. The first-order chi connectivity index (χ1) is 24.6. The Morgan fingerprint density at radius 3 is 1.00 bits per heavy atom. The number of nitrogens with one attached hydrogen (secondary N) is 2. The Bertz CT molecular complexity index is 1720. The van der Waals surface area contributed by atoms with E-state index in [0.717, 1.165) is 0 Å². The monoisotopic (exact) mass is 694 g/mol. The van der Waals surface area contributed by atoms with Gasteiger partial charge in [0.15, 0.2) is 11.6 Å². The Kier molecular flexibility index (Phi) is 13.2. The molecule has 0 bridgehead atoms. The summed E-state index contributed by atoms with van der Waals surface area (Å²) < 4.78 is 20.7. The van der Waals surface area contributed by atoms with Crippen LogP contribution in [0, 0.1) is 0 Å². The molecule has 0 heterocycles. The van der Waals surface area contributed by atoms with Gasteiger partial charge in [-0.1, -0.05) is 24.3 Å². The number of rotatable bonds is 18. The maximum absolute atomic E-state index is 13.5. The largest absolute Gasteiger partial charge is 0.497 e. The van der Waals surface area contributed by atoms with E-state index in [4.69, 9.17) is 18.9 Å². The molecule has 4 aromatic rings. The minimum Gasteiger partial charge on any atom is -0.497 e. The lowest BCUT2D eigenvalue weighted by Crippen LogP contribution is -2.40. The van der Waals surface area contributed by atoms with Gasteiger partial charge in [0, 0.05) is 24.2 Å². The lowest BCUT2D eigenvalue weighted by molar-refractivity contribution is -0.138. The fourth-order valence-electron chi connectivity index (χ4n) is 5.21. The number of ketones is 4. The number of carbonyl (C=O) groups excluding carboxylic acids is 6. The zero-order chi connectivity index (χ0) is 36.9.